The molecule has 1 heterocycles. The van der Waals surface area contributed by atoms with Gasteiger partial charge in [0, 0.05) is 5.56 Å². The predicted molar refractivity (Wildman–Crippen MR) is 65.5 cm³/mol. The van der Waals surface area contributed by atoms with Gasteiger partial charge in [-0.1, -0.05) is 42.1 Å². The fourth-order valence-electron chi connectivity index (χ4n) is 1.29. The van der Waals surface area contributed by atoms with Gasteiger partial charge in [-0.3, -0.25) is 9.59 Å². The molecule has 4 nitrogen and oxygen atoms in total. The number of carbonyl (C=O) groups is 2. The van der Waals surface area contributed by atoms with Crippen molar-refractivity contribution in [3.63, 3.8) is 0 Å². The summed E-state index contributed by atoms with van der Waals surface area (Å²) in [7, 11) is 0. The van der Waals surface area contributed by atoms with Crippen molar-refractivity contribution < 1.29 is 9.59 Å². The Bertz CT molecular complexity index is 522. The van der Waals surface area contributed by atoms with Crippen molar-refractivity contribution in [2.45, 2.75) is 5.16 Å². The molecule has 5 heteroatoms. The van der Waals surface area contributed by atoms with E-state index < -0.39 is 0 Å². The average Bonchev–Trinajstić information content (AvgIpc) is 2.85. The first-order valence-electron chi connectivity index (χ1n) is 5.01. The van der Waals surface area contributed by atoms with Gasteiger partial charge >= 0.3 is 0 Å². The minimum absolute atomic E-state index is 0.0413. The first kappa shape index (κ1) is 11.6. The van der Waals surface area contributed by atoms with E-state index in [0.717, 1.165) is 0 Å². The van der Waals surface area contributed by atoms with Crippen LogP contribution in [0.4, 0.5) is 0 Å². The second-order valence-corrected chi connectivity index (χ2v) is 4.30. The number of aromatic amines is 1. The van der Waals surface area contributed by atoms with Gasteiger partial charge in [0.25, 0.3) is 0 Å². The lowest BCUT2D eigenvalue weighted by Crippen LogP contribution is -2.01. The summed E-state index contributed by atoms with van der Waals surface area (Å²) in [6.45, 7) is 0. The van der Waals surface area contributed by atoms with E-state index in [4.69, 9.17) is 0 Å². The molecule has 0 amide bonds. The zero-order valence-corrected chi connectivity index (χ0v) is 9.74. The van der Waals surface area contributed by atoms with Gasteiger partial charge in [0.1, 0.15) is 0 Å². The number of benzene rings is 1. The molecule has 1 aromatic carbocycles. The van der Waals surface area contributed by atoms with Gasteiger partial charge in [0.2, 0.25) is 0 Å². The number of aldehydes is 1. The Morgan fingerprint density at radius 2 is 2.12 bits per heavy atom. The van der Waals surface area contributed by atoms with Crippen molar-refractivity contribution in [3.05, 3.63) is 47.8 Å². The van der Waals surface area contributed by atoms with E-state index >= 15 is 0 Å². The van der Waals surface area contributed by atoms with Gasteiger partial charge in [0.15, 0.2) is 17.2 Å². The minimum Gasteiger partial charge on any atom is -0.331 e. The highest BCUT2D eigenvalue weighted by Gasteiger charge is 2.07. The Kier molecular flexibility index (Phi) is 3.72. The van der Waals surface area contributed by atoms with Gasteiger partial charge < -0.3 is 4.98 Å². The number of nitrogens with one attached hydrogen (secondary N) is 1. The third-order valence-electron chi connectivity index (χ3n) is 2.13. The van der Waals surface area contributed by atoms with Crippen molar-refractivity contribution in [3.8, 4) is 0 Å². The van der Waals surface area contributed by atoms with Crippen LogP contribution in [0.15, 0.2) is 41.7 Å². The summed E-state index contributed by atoms with van der Waals surface area (Å²) >= 11 is 1.28. The molecule has 86 valence electrons. The minimum atomic E-state index is 0.0413. The molecule has 0 bridgehead atoms. The molecule has 0 aliphatic rings. The molecule has 0 atom stereocenters. The molecule has 2 aromatic rings. The molecule has 0 aliphatic carbocycles. The Morgan fingerprint density at radius 3 is 2.76 bits per heavy atom. The first-order chi connectivity index (χ1) is 8.29. The quantitative estimate of drug-likeness (QED) is 0.499. The second kappa shape index (κ2) is 5.45. The number of rotatable bonds is 5. The Morgan fingerprint density at radius 1 is 1.35 bits per heavy atom. The van der Waals surface area contributed by atoms with Crippen molar-refractivity contribution in [2.24, 2.45) is 0 Å². The van der Waals surface area contributed by atoms with Gasteiger partial charge in [-0.25, -0.2) is 4.98 Å². The Balaban J connectivity index is 1.94. The molecule has 1 N–H and O–H groups in total. The Labute approximate surface area is 102 Å². The highest BCUT2D eigenvalue weighted by atomic mass is 32.2. The summed E-state index contributed by atoms with van der Waals surface area (Å²) in [6, 6.07) is 9.08. The van der Waals surface area contributed by atoms with Crippen LogP contribution in [0.1, 0.15) is 20.8 Å². The van der Waals surface area contributed by atoms with E-state index in [-0.39, 0.29) is 5.78 Å². The van der Waals surface area contributed by atoms with E-state index in [1.807, 2.05) is 18.2 Å². The van der Waals surface area contributed by atoms with Crippen LogP contribution in [0.2, 0.25) is 0 Å². The summed E-state index contributed by atoms with van der Waals surface area (Å²) in [5.41, 5.74) is 1.10. The summed E-state index contributed by atoms with van der Waals surface area (Å²) < 4.78 is 0. The van der Waals surface area contributed by atoms with Crippen LogP contribution in [-0.4, -0.2) is 27.8 Å². The summed E-state index contributed by atoms with van der Waals surface area (Å²) in [4.78, 5) is 29.0. The number of ketones is 1. The maximum Gasteiger partial charge on any atom is 0.173 e. The lowest BCUT2D eigenvalue weighted by molar-refractivity contribution is 0.102. The fraction of sp³-hybridized carbons (Fsp3) is 0.0833. The summed E-state index contributed by atoms with van der Waals surface area (Å²) in [5.74, 6) is 0.343. The van der Waals surface area contributed by atoms with E-state index in [2.05, 4.69) is 9.97 Å². The van der Waals surface area contributed by atoms with Crippen molar-refractivity contribution in [1.29, 1.82) is 0 Å². The third kappa shape index (κ3) is 3.04. The maximum atomic E-state index is 11.8. The highest BCUT2D eigenvalue weighted by Crippen LogP contribution is 2.15. The molecule has 0 aliphatic heterocycles. The topological polar surface area (TPSA) is 62.8 Å². The van der Waals surface area contributed by atoms with Gasteiger partial charge in [-0.15, -0.1) is 0 Å². The van der Waals surface area contributed by atoms with Crippen LogP contribution < -0.4 is 0 Å². The normalized spacial score (nSPS) is 10.1. The molecule has 1 aromatic heterocycles. The number of hydrogen-bond acceptors (Lipinski definition) is 4. The molecule has 0 unspecified atom stereocenters. The van der Waals surface area contributed by atoms with Crippen LogP contribution in [-0.2, 0) is 0 Å². The van der Waals surface area contributed by atoms with Crippen molar-refractivity contribution in [1.82, 2.24) is 9.97 Å². The number of imidazole rings is 1. The predicted octanol–water partition coefficient (Wildman–Crippen LogP) is 2.20. The summed E-state index contributed by atoms with van der Waals surface area (Å²) in [6.07, 6.45) is 2.14. The number of thioether (sulfide) groups is 1. The van der Waals surface area contributed by atoms with Crippen LogP contribution >= 0.6 is 11.8 Å². The SMILES string of the molecule is O=Cc1cnc(SCC(=O)c2ccccc2)[nH]1. The number of Topliss-reactive ketones (excluding diaryl/α,β-unsaturated/α-hetero) is 1. The largest absolute Gasteiger partial charge is 0.331 e. The standard InChI is InChI=1S/C12H10N2O2S/c15-7-10-6-13-12(14-10)17-8-11(16)9-4-2-1-3-5-9/h1-7H,8H2,(H,13,14). The molecule has 0 radical (unpaired) electrons. The molecule has 0 fully saturated rings. The second-order valence-electron chi connectivity index (χ2n) is 3.34. The van der Waals surface area contributed by atoms with E-state index in [0.29, 0.717) is 28.5 Å². The molecule has 0 saturated heterocycles. The fourth-order valence-corrected chi connectivity index (χ4v) is 2.04. The number of nitrogens with zero attached hydrogens (tertiary/aromatic N) is 1. The smallest absolute Gasteiger partial charge is 0.173 e. The van der Waals surface area contributed by atoms with Crippen molar-refractivity contribution in [2.75, 3.05) is 5.75 Å². The van der Waals surface area contributed by atoms with Crippen LogP contribution in [0, 0.1) is 0 Å². The molecular formula is C12H10N2O2S. The highest BCUT2D eigenvalue weighted by molar-refractivity contribution is 7.99. The first-order valence-corrected chi connectivity index (χ1v) is 5.99. The van der Waals surface area contributed by atoms with Crippen LogP contribution in [0.25, 0.3) is 0 Å². The maximum absolute atomic E-state index is 11.8. The number of carbonyl (C=O) groups excluding carboxylic acids is 2. The zero-order valence-electron chi connectivity index (χ0n) is 8.92. The summed E-state index contributed by atoms with van der Waals surface area (Å²) in [5, 5.41) is 0.580. The average molecular weight is 246 g/mol. The monoisotopic (exact) mass is 246 g/mol. The van der Waals surface area contributed by atoms with Gasteiger partial charge in [-0.05, 0) is 0 Å². The number of hydrogen-bond donors (Lipinski definition) is 1. The lowest BCUT2D eigenvalue weighted by Gasteiger charge is -1.98. The van der Waals surface area contributed by atoms with E-state index in [1.54, 1.807) is 12.1 Å². The van der Waals surface area contributed by atoms with Gasteiger partial charge in [-0.2, -0.15) is 0 Å². The van der Waals surface area contributed by atoms with Gasteiger partial charge in [0.05, 0.1) is 17.6 Å². The van der Waals surface area contributed by atoms with E-state index in [9.17, 15) is 9.59 Å². The van der Waals surface area contributed by atoms with E-state index in [1.165, 1.54) is 18.0 Å². The zero-order chi connectivity index (χ0) is 12.1. The molecule has 17 heavy (non-hydrogen) atoms. The molecule has 0 spiro atoms. The number of aromatic nitrogens is 2. The molecule has 0 saturated carbocycles. The molecular weight excluding hydrogens is 236 g/mol. The van der Waals surface area contributed by atoms with Crippen LogP contribution in [0.5, 0.6) is 0 Å². The lowest BCUT2D eigenvalue weighted by atomic mass is 10.2. The van der Waals surface area contributed by atoms with Crippen molar-refractivity contribution >= 4 is 23.8 Å². The number of H-pyrrole nitrogens is 1. The third-order valence-corrected chi connectivity index (χ3v) is 3.02. The van der Waals surface area contributed by atoms with Crippen LogP contribution in [0.3, 0.4) is 0 Å². The molecule has 2 rings (SSSR count). The Hall–Kier alpha value is -1.88.